The third-order valence-electron chi connectivity index (χ3n) is 3.44. The van der Waals surface area contributed by atoms with Crippen LogP contribution >= 0.6 is 0 Å². The second kappa shape index (κ2) is 6.86. The van der Waals surface area contributed by atoms with Crippen LogP contribution in [0.5, 0.6) is 0 Å². The van der Waals surface area contributed by atoms with E-state index >= 15 is 0 Å². The highest BCUT2D eigenvalue weighted by Crippen LogP contribution is 2.22. The first-order valence-corrected chi connectivity index (χ1v) is 6.39. The van der Waals surface area contributed by atoms with Crippen LogP contribution < -0.4 is 11.1 Å². The Morgan fingerprint density at radius 3 is 2.94 bits per heavy atom. The molecule has 0 aromatic carbocycles. The number of hydrogen-bond acceptors (Lipinski definition) is 3. The second-order valence-corrected chi connectivity index (χ2v) is 4.74. The second-order valence-electron chi connectivity index (χ2n) is 4.74. The lowest BCUT2D eigenvalue weighted by Gasteiger charge is -2.24. The van der Waals surface area contributed by atoms with Crippen molar-refractivity contribution in [2.75, 3.05) is 26.2 Å². The first-order chi connectivity index (χ1) is 7.69. The third-order valence-corrected chi connectivity index (χ3v) is 3.44. The van der Waals surface area contributed by atoms with E-state index < -0.39 is 0 Å². The van der Waals surface area contributed by atoms with Gasteiger partial charge in [0.15, 0.2) is 0 Å². The van der Waals surface area contributed by atoms with E-state index in [9.17, 15) is 4.79 Å². The number of hydrogen-bond donors (Lipinski definition) is 2. The molecule has 0 aliphatic carbocycles. The van der Waals surface area contributed by atoms with Gasteiger partial charge in [-0.1, -0.05) is 20.3 Å². The summed E-state index contributed by atoms with van der Waals surface area (Å²) in [5, 5.41) is 2.95. The predicted molar refractivity (Wildman–Crippen MR) is 66.1 cm³/mol. The summed E-state index contributed by atoms with van der Waals surface area (Å²) in [5.41, 5.74) is 5.74. The van der Waals surface area contributed by atoms with E-state index in [-0.39, 0.29) is 5.91 Å². The number of carbonyl (C=O) groups excluding carboxylic acids is 1. The monoisotopic (exact) mass is 227 g/mol. The summed E-state index contributed by atoms with van der Waals surface area (Å²) < 4.78 is 0. The Morgan fingerprint density at radius 1 is 1.56 bits per heavy atom. The number of likely N-dealkylation sites (tertiary alicyclic amines) is 1. The summed E-state index contributed by atoms with van der Waals surface area (Å²) in [4.78, 5) is 13.9. The predicted octanol–water partition coefficient (Wildman–Crippen LogP) is 0.572. The number of nitrogens with one attached hydrogen (secondary N) is 1. The van der Waals surface area contributed by atoms with Crippen LogP contribution in [0.15, 0.2) is 0 Å². The van der Waals surface area contributed by atoms with Crippen molar-refractivity contribution in [3.8, 4) is 0 Å². The molecule has 1 saturated heterocycles. The minimum absolute atomic E-state index is 0.140. The Balaban J connectivity index is 2.28. The molecule has 0 spiro atoms. The molecule has 1 heterocycles. The highest BCUT2D eigenvalue weighted by Gasteiger charge is 2.30. The maximum Gasteiger partial charge on any atom is 0.234 e. The van der Waals surface area contributed by atoms with Gasteiger partial charge in [0.05, 0.1) is 6.54 Å². The molecule has 4 nitrogen and oxygen atoms in total. The van der Waals surface area contributed by atoms with Gasteiger partial charge >= 0.3 is 0 Å². The SMILES string of the molecule is CCCCNC(=O)CN1CCC(C)C1CN. The van der Waals surface area contributed by atoms with Crippen molar-refractivity contribution in [3.63, 3.8) is 0 Å². The number of amides is 1. The van der Waals surface area contributed by atoms with Crippen molar-refractivity contribution >= 4 is 5.91 Å². The zero-order valence-corrected chi connectivity index (χ0v) is 10.5. The standard InChI is InChI=1S/C12H25N3O/c1-3-4-6-14-12(16)9-15-7-5-10(2)11(15)8-13/h10-11H,3-9,13H2,1-2H3,(H,14,16). The van der Waals surface area contributed by atoms with Crippen molar-refractivity contribution in [1.82, 2.24) is 10.2 Å². The molecule has 1 amide bonds. The molecule has 0 saturated carbocycles. The van der Waals surface area contributed by atoms with E-state index in [1.54, 1.807) is 0 Å². The Hall–Kier alpha value is -0.610. The van der Waals surface area contributed by atoms with E-state index in [1.807, 2.05) is 0 Å². The minimum atomic E-state index is 0.140. The highest BCUT2D eigenvalue weighted by atomic mass is 16.2. The Morgan fingerprint density at radius 2 is 2.31 bits per heavy atom. The molecule has 3 N–H and O–H groups in total. The van der Waals surface area contributed by atoms with E-state index in [2.05, 4.69) is 24.1 Å². The van der Waals surface area contributed by atoms with Crippen molar-refractivity contribution in [3.05, 3.63) is 0 Å². The van der Waals surface area contributed by atoms with Gasteiger partial charge in [-0.25, -0.2) is 0 Å². The molecule has 1 rings (SSSR count). The zero-order chi connectivity index (χ0) is 12.0. The fraction of sp³-hybridized carbons (Fsp3) is 0.917. The Kier molecular flexibility index (Phi) is 5.77. The summed E-state index contributed by atoms with van der Waals surface area (Å²) >= 11 is 0. The Bertz CT molecular complexity index is 220. The molecule has 1 fully saturated rings. The van der Waals surface area contributed by atoms with Gasteiger partial charge in [-0.05, 0) is 25.3 Å². The smallest absolute Gasteiger partial charge is 0.234 e. The average molecular weight is 227 g/mol. The molecule has 0 aromatic rings. The molecular formula is C12H25N3O. The lowest BCUT2D eigenvalue weighted by atomic mass is 10.0. The van der Waals surface area contributed by atoms with Gasteiger partial charge < -0.3 is 11.1 Å². The largest absolute Gasteiger partial charge is 0.355 e. The molecule has 4 heteroatoms. The molecule has 0 radical (unpaired) electrons. The number of nitrogens with two attached hydrogens (primary N) is 1. The van der Waals surface area contributed by atoms with Crippen LogP contribution in [0.4, 0.5) is 0 Å². The van der Waals surface area contributed by atoms with Crippen LogP contribution in [-0.2, 0) is 4.79 Å². The number of rotatable bonds is 6. The van der Waals surface area contributed by atoms with Crippen molar-refractivity contribution in [2.45, 2.75) is 39.2 Å². The van der Waals surface area contributed by atoms with E-state index in [0.29, 0.717) is 25.0 Å². The van der Waals surface area contributed by atoms with Crippen molar-refractivity contribution in [2.24, 2.45) is 11.7 Å². The van der Waals surface area contributed by atoms with Crippen molar-refractivity contribution < 1.29 is 4.79 Å². The fourth-order valence-corrected chi connectivity index (χ4v) is 2.31. The number of unbranched alkanes of at least 4 members (excludes halogenated alkanes) is 1. The summed E-state index contributed by atoms with van der Waals surface area (Å²) in [6.45, 7) is 7.31. The van der Waals surface area contributed by atoms with E-state index in [0.717, 1.165) is 32.4 Å². The summed E-state index contributed by atoms with van der Waals surface area (Å²) in [6, 6.07) is 0.386. The van der Waals surface area contributed by atoms with Gasteiger partial charge in [-0.3, -0.25) is 9.69 Å². The molecular weight excluding hydrogens is 202 g/mol. The molecule has 16 heavy (non-hydrogen) atoms. The van der Waals surface area contributed by atoms with Crippen LogP contribution in [0.25, 0.3) is 0 Å². The fourth-order valence-electron chi connectivity index (χ4n) is 2.31. The molecule has 1 aliphatic heterocycles. The number of carbonyl (C=O) groups is 1. The molecule has 2 atom stereocenters. The quantitative estimate of drug-likeness (QED) is 0.652. The summed E-state index contributed by atoms with van der Waals surface area (Å²) in [6.07, 6.45) is 3.33. The van der Waals surface area contributed by atoms with Gasteiger partial charge in [-0.2, -0.15) is 0 Å². The molecule has 94 valence electrons. The lowest BCUT2D eigenvalue weighted by molar-refractivity contribution is -0.122. The van der Waals surface area contributed by atoms with Crippen LogP contribution in [0.2, 0.25) is 0 Å². The molecule has 2 unspecified atom stereocenters. The minimum Gasteiger partial charge on any atom is -0.355 e. The normalized spacial score (nSPS) is 25.9. The van der Waals surface area contributed by atoms with Gasteiger partial charge in [0.1, 0.15) is 0 Å². The van der Waals surface area contributed by atoms with E-state index in [4.69, 9.17) is 5.73 Å². The molecule has 0 bridgehead atoms. The highest BCUT2D eigenvalue weighted by molar-refractivity contribution is 5.78. The maximum atomic E-state index is 11.6. The van der Waals surface area contributed by atoms with Crippen LogP contribution in [0, 0.1) is 5.92 Å². The average Bonchev–Trinajstić information content (AvgIpc) is 2.59. The van der Waals surface area contributed by atoms with Crippen molar-refractivity contribution in [1.29, 1.82) is 0 Å². The van der Waals surface area contributed by atoms with Gasteiger partial charge in [-0.15, -0.1) is 0 Å². The lowest BCUT2D eigenvalue weighted by Crippen LogP contribution is -2.44. The van der Waals surface area contributed by atoms with Gasteiger partial charge in [0.25, 0.3) is 0 Å². The molecule has 1 aliphatic rings. The Labute approximate surface area is 98.6 Å². The topological polar surface area (TPSA) is 58.4 Å². The number of nitrogens with zero attached hydrogens (tertiary/aromatic N) is 1. The third kappa shape index (κ3) is 3.76. The van der Waals surface area contributed by atoms with Crippen LogP contribution in [0.1, 0.15) is 33.1 Å². The summed E-state index contributed by atoms with van der Waals surface area (Å²) in [7, 11) is 0. The first-order valence-electron chi connectivity index (χ1n) is 6.39. The maximum absolute atomic E-state index is 11.6. The zero-order valence-electron chi connectivity index (χ0n) is 10.5. The summed E-state index contributed by atoms with van der Waals surface area (Å²) in [5.74, 6) is 0.759. The van der Waals surface area contributed by atoms with Gasteiger partial charge in [0.2, 0.25) is 5.91 Å². The first kappa shape index (κ1) is 13.5. The van der Waals surface area contributed by atoms with E-state index in [1.165, 1.54) is 0 Å². The van der Waals surface area contributed by atoms with Crippen LogP contribution in [0.3, 0.4) is 0 Å². The van der Waals surface area contributed by atoms with Gasteiger partial charge in [0, 0.05) is 19.1 Å². The molecule has 0 aromatic heterocycles. The van der Waals surface area contributed by atoms with Crippen LogP contribution in [-0.4, -0.2) is 43.0 Å².